The van der Waals surface area contributed by atoms with E-state index in [0.717, 1.165) is 18.7 Å². The highest BCUT2D eigenvalue weighted by Crippen LogP contribution is 2.37. The summed E-state index contributed by atoms with van der Waals surface area (Å²) in [6.07, 6.45) is 6.91. The summed E-state index contributed by atoms with van der Waals surface area (Å²) >= 11 is 0. The molecule has 0 saturated carbocycles. The number of H-pyrrole nitrogens is 1. The zero-order valence-electron chi connectivity index (χ0n) is 10.4. The average molecular weight is 243 g/mol. The van der Waals surface area contributed by atoms with Crippen molar-refractivity contribution in [2.45, 2.75) is 31.2 Å². The van der Waals surface area contributed by atoms with E-state index in [4.69, 9.17) is 0 Å². The Hall–Kier alpha value is -1.75. The first kappa shape index (κ1) is 11.3. The molecule has 1 aliphatic carbocycles. The molecule has 2 heterocycles. The van der Waals surface area contributed by atoms with Gasteiger partial charge in [-0.2, -0.15) is 5.10 Å². The zero-order valence-corrected chi connectivity index (χ0v) is 10.4. The number of aryl methyl sites for hydroxylation is 1. The van der Waals surface area contributed by atoms with Crippen LogP contribution in [0.2, 0.25) is 0 Å². The monoisotopic (exact) mass is 243 g/mol. The number of pyridine rings is 1. The van der Waals surface area contributed by atoms with Crippen molar-refractivity contribution in [3.8, 4) is 0 Å². The second kappa shape index (κ2) is 4.86. The molecule has 0 spiro atoms. The third-order valence-corrected chi connectivity index (χ3v) is 3.68. The first-order valence-corrected chi connectivity index (χ1v) is 6.36. The summed E-state index contributed by atoms with van der Waals surface area (Å²) < 4.78 is 0. The first-order valence-electron chi connectivity index (χ1n) is 6.36. The Morgan fingerprint density at radius 1 is 1.44 bits per heavy atom. The third kappa shape index (κ3) is 1.90. The molecule has 2 atom stereocenters. The van der Waals surface area contributed by atoms with E-state index in [1.54, 1.807) is 6.33 Å². The topological polar surface area (TPSA) is 66.5 Å². The van der Waals surface area contributed by atoms with Gasteiger partial charge in [-0.25, -0.2) is 4.98 Å². The van der Waals surface area contributed by atoms with Crippen molar-refractivity contribution < 1.29 is 0 Å². The van der Waals surface area contributed by atoms with Gasteiger partial charge < -0.3 is 5.32 Å². The molecule has 0 saturated heterocycles. The molecule has 5 heteroatoms. The molecule has 3 rings (SSSR count). The van der Waals surface area contributed by atoms with Gasteiger partial charge in [0.15, 0.2) is 0 Å². The van der Waals surface area contributed by atoms with Crippen LogP contribution >= 0.6 is 0 Å². The van der Waals surface area contributed by atoms with Crippen molar-refractivity contribution in [1.82, 2.24) is 25.5 Å². The first-order chi connectivity index (χ1) is 8.90. The standard InChI is InChI=1S/C13H17N5/c1-14-12(13-16-8-17-18-13)10-6-2-4-9-5-3-7-15-11(9)10/h3,5,7-8,10,12,14H,2,4,6H2,1H3,(H,16,17,18). The number of aromatic nitrogens is 4. The predicted molar refractivity (Wildman–Crippen MR) is 68.1 cm³/mol. The van der Waals surface area contributed by atoms with Crippen molar-refractivity contribution >= 4 is 0 Å². The molecule has 1 aliphatic rings. The Morgan fingerprint density at radius 3 is 3.17 bits per heavy atom. The molecule has 2 unspecified atom stereocenters. The van der Waals surface area contributed by atoms with E-state index in [9.17, 15) is 0 Å². The number of fused-ring (bicyclic) bond motifs is 1. The zero-order chi connectivity index (χ0) is 12.4. The number of nitrogens with zero attached hydrogens (tertiary/aromatic N) is 3. The molecular formula is C13H17N5. The minimum atomic E-state index is 0.154. The summed E-state index contributed by atoms with van der Waals surface area (Å²) in [6, 6.07) is 4.35. The molecule has 2 aromatic rings. The van der Waals surface area contributed by atoms with Gasteiger partial charge in [0.25, 0.3) is 0 Å². The van der Waals surface area contributed by atoms with E-state index in [-0.39, 0.29) is 6.04 Å². The molecule has 0 aromatic carbocycles. The Morgan fingerprint density at radius 2 is 2.39 bits per heavy atom. The summed E-state index contributed by atoms with van der Waals surface area (Å²) in [5.41, 5.74) is 2.58. The van der Waals surface area contributed by atoms with Crippen LogP contribution in [0.3, 0.4) is 0 Å². The molecule has 2 N–H and O–H groups in total. The normalized spacial score (nSPS) is 20.4. The maximum atomic E-state index is 4.58. The Kier molecular flexibility index (Phi) is 3.06. The maximum Gasteiger partial charge on any atom is 0.142 e. The quantitative estimate of drug-likeness (QED) is 0.859. The van der Waals surface area contributed by atoms with Crippen LogP contribution in [0.5, 0.6) is 0 Å². The van der Waals surface area contributed by atoms with Crippen LogP contribution in [0.1, 0.15) is 41.9 Å². The van der Waals surface area contributed by atoms with E-state index in [1.807, 2.05) is 19.3 Å². The lowest BCUT2D eigenvalue weighted by Crippen LogP contribution is -2.28. The molecule has 2 aromatic heterocycles. The van der Waals surface area contributed by atoms with E-state index in [0.29, 0.717) is 5.92 Å². The Balaban J connectivity index is 1.97. The lowest BCUT2D eigenvalue weighted by molar-refractivity contribution is 0.402. The summed E-state index contributed by atoms with van der Waals surface area (Å²) in [6.45, 7) is 0. The molecule has 0 aliphatic heterocycles. The van der Waals surface area contributed by atoms with Gasteiger partial charge in [0.1, 0.15) is 12.2 Å². The largest absolute Gasteiger partial charge is 0.310 e. The summed E-state index contributed by atoms with van der Waals surface area (Å²) in [5, 5.41) is 10.3. The molecule has 18 heavy (non-hydrogen) atoms. The maximum absolute atomic E-state index is 4.58. The van der Waals surface area contributed by atoms with Gasteiger partial charge in [-0.15, -0.1) is 0 Å². The molecule has 5 nitrogen and oxygen atoms in total. The van der Waals surface area contributed by atoms with Gasteiger partial charge in [0.2, 0.25) is 0 Å². The van der Waals surface area contributed by atoms with Crippen molar-refractivity contribution in [2.75, 3.05) is 7.05 Å². The van der Waals surface area contributed by atoms with Crippen molar-refractivity contribution in [3.05, 3.63) is 41.7 Å². The van der Waals surface area contributed by atoms with E-state index in [1.165, 1.54) is 17.7 Å². The third-order valence-electron chi connectivity index (χ3n) is 3.68. The molecule has 0 bridgehead atoms. The molecular weight excluding hydrogens is 226 g/mol. The highest BCUT2D eigenvalue weighted by molar-refractivity contribution is 5.28. The van der Waals surface area contributed by atoms with Crippen molar-refractivity contribution in [1.29, 1.82) is 0 Å². The molecule has 94 valence electrons. The minimum absolute atomic E-state index is 0.154. The summed E-state index contributed by atoms with van der Waals surface area (Å²) in [5.74, 6) is 1.26. The fourth-order valence-corrected chi connectivity index (χ4v) is 2.86. The van der Waals surface area contributed by atoms with Crippen molar-refractivity contribution in [2.24, 2.45) is 0 Å². The summed E-state index contributed by atoms with van der Waals surface area (Å²) in [7, 11) is 1.96. The lowest BCUT2D eigenvalue weighted by atomic mass is 9.81. The number of aromatic amines is 1. The van der Waals surface area contributed by atoms with Crippen LogP contribution in [-0.2, 0) is 6.42 Å². The fourth-order valence-electron chi connectivity index (χ4n) is 2.86. The Labute approximate surface area is 106 Å². The molecule has 0 fully saturated rings. The number of nitrogens with one attached hydrogen (secondary N) is 2. The lowest BCUT2D eigenvalue weighted by Gasteiger charge is -2.29. The fraction of sp³-hybridized carbons (Fsp3) is 0.462. The number of hydrogen-bond acceptors (Lipinski definition) is 4. The highest BCUT2D eigenvalue weighted by atomic mass is 15.2. The van der Waals surface area contributed by atoms with Gasteiger partial charge in [0, 0.05) is 17.8 Å². The Bertz CT molecular complexity index is 508. The van der Waals surface area contributed by atoms with Crippen LogP contribution in [-0.4, -0.2) is 27.2 Å². The van der Waals surface area contributed by atoms with E-state index in [2.05, 4.69) is 31.5 Å². The van der Waals surface area contributed by atoms with Crippen LogP contribution < -0.4 is 5.32 Å². The van der Waals surface area contributed by atoms with E-state index >= 15 is 0 Å². The molecule has 0 radical (unpaired) electrons. The average Bonchev–Trinajstić information content (AvgIpc) is 2.94. The summed E-state index contributed by atoms with van der Waals surface area (Å²) in [4.78, 5) is 8.86. The number of hydrogen-bond donors (Lipinski definition) is 2. The SMILES string of the molecule is CNC(c1ncn[nH]1)C1CCCc2cccnc21. The van der Waals surface area contributed by atoms with Crippen molar-refractivity contribution in [3.63, 3.8) is 0 Å². The van der Waals surface area contributed by atoms with Gasteiger partial charge in [-0.3, -0.25) is 10.1 Å². The minimum Gasteiger partial charge on any atom is -0.310 e. The van der Waals surface area contributed by atoms with Crippen LogP contribution in [0.15, 0.2) is 24.7 Å². The predicted octanol–water partition coefficient (Wildman–Crippen LogP) is 1.58. The highest BCUT2D eigenvalue weighted by Gasteiger charge is 2.30. The van der Waals surface area contributed by atoms with Gasteiger partial charge in [-0.1, -0.05) is 6.07 Å². The second-order valence-corrected chi connectivity index (χ2v) is 4.68. The van der Waals surface area contributed by atoms with Crippen LogP contribution in [0.4, 0.5) is 0 Å². The second-order valence-electron chi connectivity index (χ2n) is 4.68. The van der Waals surface area contributed by atoms with Crippen LogP contribution in [0.25, 0.3) is 0 Å². The van der Waals surface area contributed by atoms with Gasteiger partial charge >= 0.3 is 0 Å². The van der Waals surface area contributed by atoms with Gasteiger partial charge in [0.05, 0.1) is 6.04 Å². The number of likely N-dealkylation sites (N-methyl/N-ethyl adjacent to an activating group) is 1. The number of rotatable bonds is 3. The molecule has 0 amide bonds. The smallest absolute Gasteiger partial charge is 0.142 e. The van der Waals surface area contributed by atoms with E-state index < -0.39 is 0 Å². The van der Waals surface area contributed by atoms with Gasteiger partial charge in [-0.05, 0) is 37.9 Å². The van der Waals surface area contributed by atoms with Crippen LogP contribution in [0, 0.1) is 0 Å².